The Hall–Kier alpha value is -2.02. The summed E-state index contributed by atoms with van der Waals surface area (Å²) < 4.78 is 26.4. The maximum atomic E-state index is 12.5. The van der Waals surface area contributed by atoms with Gasteiger partial charge in [-0.3, -0.25) is 9.40 Å². The summed E-state index contributed by atoms with van der Waals surface area (Å²) in [7, 11) is -3.64. The second kappa shape index (κ2) is 5.31. The summed E-state index contributed by atoms with van der Waals surface area (Å²) in [6.45, 7) is 2.28. The van der Waals surface area contributed by atoms with Crippen LogP contribution in [0.1, 0.15) is 13.3 Å². The van der Waals surface area contributed by atoms with Crippen molar-refractivity contribution in [3.05, 3.63) is 36.7 Å². The molecule has 0 fully saturated rings. The Kier molecular flexibility index (Phi) is 3.75. The zero-order valence-corrected chi connectivity index (χ0v) is 11.4. The SMILES string of the molecule is CCCN(c1ccccc1N)S(=O)(=O)c1cn[nH]c1. The second-order valence-corrected chi connectivity index (χ2v) is 5.93. The molecular weight excluding hydrogens is 264 g/mol. The standard InChI is InChI=1S/C12H16N4O2S/c1-2-7-16(12-6-4-3-5-11(12)13)19(17,18)10-8-14-15-9-10/h3-6,8-9H,2,7,13H2,1H3,(H,14,15). The van der Waals surface area contributed by atoms with Crippen LogP contribution in [0.3, 0.4) is 0 Å². The van der Waals surface area contributed by atoms with Gasteiger partial charge in [0.05, 0.1) is 17.6 Å². The van der Waals surface area contributed by atoms with E-state index in [0.717, 1.165) is 0 Å². The van der Waals surface area contributed by atoms with Crippen molar-refractivity contribution in [2.45, 2.75) is 18.2 Å². The minimum Gasteiger partial charge on any atom is -0.397 e. The first-order valence-electron chi connectivity index (χ1n) is 5.93. The Morgan fingerprint density at radius 3 is 2.68 bits per heavy atom. The number of sulfonamides is 1. The van der Waals surface area contributed by atoms with Gasteiger partial charge in [0.2, 0.25) is 0 Å². The minimum absolute atomic E-state index is 0.129. The monoisotopic (exact) mass is 280 g/mol. The number of para-hydroxylation sites is 2. The fraction of sp³-hybridized carbons (Fsp3) is 0.250. The van der Waals surface area contributed by atoms with Crippen LogP contribution in [0, 0.1) is 0 Å². The van der Waals surface area contributed by atoms with Gasteiger partial charge in [0, 0.05) is 12.7 Å². The molecule has 0 saturated carbocycles. The van der Waals surface area contributed by atoms with Gasteiger partial charge in [-0.2, -0.15) is 5.10 Å². The molecule has 0 bridgehead atoms. The minimum atomic E-state index is -3.64. The van der Waals surface area contributed by atoms with E-state index in [1.165, 1.54) is 16.7 Å². The lowest BCUT2D eigenvalue weighted by molar-refractivity contribution is 0.590. The molecular formula is C12H16N4O2S. The first-order valence-corrected chi connectivity index (χ1v) is 7.37. The fourth-order valence-electron chi connectivity index (χ4n) is 1.80. The van der Waals surface area contributed by atoms with E-state index in [1.807, 2.05) is 6.92 Å². The highest BCUT2D eigenvalue weighted by Crippen LogP contribution is 2.28. The molecule has 0 radical (unpaired) electrons. The summed E-state index contributed by atoms with van der Waals surface area (Å²) in [5.74, 6) is 0. The van der Waals surface area contributed by atoms with Crippen LogP contribution in [0.2, 0.25) is 0 Å². The number of nitrogens with two attached hydrogens (primary N) is 1. The van der Waals surface area contributed by atoms with Crippen LogP contribution in [-0.4, -0.2) is 25.2 Å². The molecule has 19 heavy (non-hydrogen) atoms. The summed E-state index contributed by atoms with van der Waals surface area (Å²) in [5, 5.41) is 6.20. The predicted octanol–water partition coefficient (Wildman–Crippen LogP) is 1.60. The highest BCUT2D eigenvalue weighted by atomic mass is 32.2. The van der Waals surface area contributed by atoms with E-state index in [1.54, 1.807) is 24.3 Å². The predicted molar refractivity (Wildman–Crippen MR) is 74.3 cm³/mol. The molecule has 0 aliphatic carbocycles. The Morgan fingerprint density at radius 2 is 2.11 bits per heavy atom. The fourth-order valence-corrected chi connectivity index (χ4v) is 3.29. The van der Waals surface area contributed by atoms with Crippen LogP contribution in [0.25, 0.3) is 0 Å². The van der Waals surface area contributed by atoms with Gasteiger partial charge in [0.25, 0.3) is 10.0 Å². The second-order valence-electron chi connectivity index (χ2n) is 4.07. The number of benzene rings is 1. The first-order chi connectivity index (χ1) is 9.07. The van der Waals surface area contributed by atoms with Crippen LogP contribution in [0.15, 0.2) is 41.6 Å². The van der Waals surface area contributed by atoms with Crippen molar-refractivity contribution in [2.75, 3.05) is 16.6 Å². The maximum Gasteiger partial charge on any atom is 0.267 e. The molecule has 2 aromatic rings. The lowest BCUT2D eigenvalue weighted by Gasteiger charge is -2.24. The van der Waals surface area contributed by atoms with Gasteiger partial charge in [-0.15, -0.1) is 0 Å². The summed E-state index contributed by atoms with van der Waals surface area (Å²) in [6, 6.07) is 6.91. The summed E-state index contributed by atoms with van der Waals surface area (Å²) >= 11 is 0. The summed E-state index contributed by atoms with van der Waals surface area (Å²) in [6.07, 6.45) is 3.33. The van der Waals surface area contributed by atoms with Gasteiger partial charge in [-0.05, 0) is 18.6 Å². The third-order valence-corrected chi connectivity index (χ3v) is 4.47. The Labute approximate surface area is 112 Å². The normalized spacial score (nSPS) is 11.4. The molecule has 1 aromatic heterocycles. The number of rotatable bonds is 5. The molecule has 0 amide bonds. The van der Waals surface area contributed by atoms with Crippen molar-refractivity contribution in [3.63, 3.8) is 0 Å². The van der Waals surface area contributed by atoms with Crippen molar-refractivity contribution in [2.24, 2.45) is 0 Å². The molecule has 1 aromatic carbocycles. The third-order valence-electron chi connectivity index (χ3n) is 2.69. The number of nitrogen functional groups attached to an aromatic ring is 1. The lowest BCUT2D eigenvalue weighted by Crippen LogP contribution is -2.32. The number of anilines is 2. The number of nitrogens with one attached hydrogen (secondary N) is 1. The zero-order valence-electron chi connectivity index (χ0n) is 10.6. The van der Waals surface area contributed by atoms with Crippen molar-refractivity contribution < 1.29 is 8.42 Å². The molecule has 6 nitrogen and oxygen atoms in total. The number of nitrogens with zero attached hydrogens (tertiary/aromatic N) is 2. The van der Waals surface area contributed by atoms with Crippen molar-refractivity contribution in [1.82, 2.24) is 10.2 Å². The average molecular weight is 280 g/mol. The van der Waals surface area contributed by atoms with Crippen molar-refractivity contribution >= 4 is 21.4 Å². The Balaban J connectivity index is 2.50. The molecule has 102 valence electrons. The van der Waals surface area contributed by atoms with Gasteiger partial charge in [-0.25, -0.2) is 8.42 Å². The van der Waals surface area contributed by atoms with E-state index in [0.29, 0.717) is 24.3 Å². The molecule has 0 atom stereocenters. The Bertz CT molecular complexity index is 638. The van der Waals surface area contributed by atoms with E-state index < -0.39 is 10.0 Å². The van der Waals surface area contributed by atoms with Gasteiger partial charge < -0.3 is 5.73 Å². The van der Waals surface area contributed by atoms with Gasteiger partial charge in [0.15, 0.2) is 0 Å². The van der Waals surface area contributed by atoms with E-state index >= 15 is 0 Å². The van der Waals surface area contributed by atoms with Crippen LogP contribution in [0.5, 0.6) is 0 Å². The summed E-state index contributed by atoms with van der Waals surface area (Å²) in [4.78, 5) is 0.129. The quantitative estimate of drug-likeness (QED) is 0.814. The lowest BCUT2D eigenvalue weighted by atomic mass is 10.2. The van der Waals surface area contributed by atoms with E-state index in [4.69, 9.17) is 5.73 Å². The van der Waals surface area contributed by atoms with Gasteiger partial charge in [-0.1, -0.05) is 19.1 Å². The molecule has 0 unspecified atom stereocenters. The largest absolute Gasteiger partial charge is 0.397 e. The molecule has 1 heterocycles. The molecule has 0 saturated heterocycles. The molecule has 3 N–H and O–H groups in total. The van der Waals surface area contributed by atoms with Gasteiger partial charge in [0.1, 0.15) is 4.90 Å². The average Bonchev–Trinajstić information content (AvgIpc) is 2.91. The van der Waals surface area contributed by atoms with Crippen LogP contribution in [-0.2, 0) is 10.0 Å². The number of aromatic amines is 1. The Morgan fingerprint density at radius 1 is 1.37 bits per heavy atom. The third kappa shape index (κ3) is 2.55. The van der Waals surface area contributed by atoms with Crippen LogP contribution >= 0.6 is 0 Å². The molecule has 7 heteroatoms. The first kappa shape index (κ1) is 13.4. The highest BCUT2D eigenvalue weighted by Gasteiger charge is 2.26. The van der Waals surface area contributed by atoms with E-state index in [9.17, 15) is 8.42 Å². The summed E-state index contributed by atoms with van der Waals surface area (Å²) in [5.41, 5.74) is 6.80. The van der Waals surface area contributed by atoms with Gasteiger partial charge >= 0.3 is 0 Å². The highest BCUT2D eigenvalue weighted by molar-refractivity contribution is 7.92. The number of H-pyrrole nitrogens is 1. The maximum absolute atomic E-state index is 12.5. The number of hydrogen-bond donors (Lipinski definition) is 2. The van der Waals surface area contributed by atoms with E-state index in [2.05, 4.69) is 10.2 Å². The zero-order chi connectivity index (χ0) is 13.9. The number of hydrogen-bond acceptors (Lipinski definition) is 4. The van der Waals surface area contributed by atoms with Crippen LogP contribution < -0.4 is 10.0 Å². The molecule has 2 rings (SSSR count). The van der Waals surface area contributed by atoms with Crippen LogP contribution in [0.4, 0.5) is 11.4 Å². The van der Waals surface area contributed by atoms with E-state index in [-0.39, 0.29) is 4.90 Å². The smallest absolute Gasteiger partial charge is 0.267 e. The topological polar surface area (TPSA) is 92.1 Å². The van der Waals surface area contributed by atoms with Crippen molar-refractivity contribution in [1.29, 1.82) is 0 Å². The molecule has 0 aliphatic heterocycles. The number of aromatic nitrogens is 2. The van der Waals surface area contributed by atoms with Crippen molar-refractivity contribution in [3.8, 4) is 0 Å². The molecule has 0 spiro atoms. The molecule has 0 aliphatic rings.